The molecule has 0 aromatic carbocycles. The van der Waals surface area contributed by atoms with Gasteiger partial charge in [-0.2, -0.15) is 5.26 Å². The molecule has 2 rings (SSSR count). The number of hydrogen-bond acceptors (Lipinski definition) is 5. The third-order valence-corrected chi connectivity index (χ3v) is 2.90. The Morgan fingerprint density at radius 3 is 3.05 bits per heavy atom. The van der Waals surface area contributed by atoms with Gasteiger partial charge in [0.05, 0.1) is 22.5 Å². The lowest BCUT2D eigenvalue weighted by atomic mass is 10.2. The van der Waals surface area contributed by atoms with Crippen LogP contribution in [0.1, 0.15) is 17.7 Å². The Labute approximate surface area is 116 Å². The van der Waals surface area contributed by atoms with Gasteiger partial charge in [0.1, 0.15) is 11.9 Å². The first-order valence-electron chi connectivity index (χ1n) is 5.86. The molecule has 1 N–H and O–H groups in total. The Bertz CT molecular complexity index is 587. The average molecular weight is 277 g/mol. The lowest BCUT2D eigenvalue weighted by Crippen LogP contribution is -2.09. The van der Waals surface area contributed by atoms with E-state index in [0.29, 0.717) is 22.1 Å². The number of pyridine rings is 1. The first-order chi connectivity index (χ1) is 9.20. The van der Waals surface area contributed by atoms with E-state index in [-0.39, 0.29) is 0 Å². The maximum Gasteiger partial charge on any atom is 0.145 e. The van der Waals surface area contributed by atoms with Crippen molar-refractivity contribution < 1.29 is 0 Å². The fourth-order valence-electron chi connectivity index (χ4n) is 1.62. The van der Waals surface area contributed by atoms with Crippen molar-refractivity contribution in [3.8, 4) is 6.07 Å². The molecule has 2 heterocycles. The molecule has 0 aliphatic heterocycles. The molecule has 0 saturated heterocycles. The lowest BCUT2D eigenvalue weighted by molar-refractivity contribution is 0.569. The summed E-state index contributed by atoms with van der Waals surface area (Å²) in [6.07, 6.45) is 4.34. The number of halogens is 1. The van der Waals surface area contributed by atoms with Crippen LogP contribution in [-0.4, -0.2) is 26.5 Å². The van der Waals surface area contributed by atoms with Crippen LogP contribution < -0.4 is 5.32 Å². The molecule has 0 aliphatic rings. The van der Waals surface area contributed by atoms with Crippen molar-refractivity contribution in [3.05, 3.63) is 34.7 Å². The second-order valence-corrected chi connectivity index (χ2v) is 4.42. The number of hydrogen-bond donors (Lipinski definition) is 1. The molecule has 19 heavy (non-hydrogen) atoms. The number of nitriles is 1. The third kappa shape index (κ3) is 3.42. The van der Waals surface area contributed by atoms with E-state index in [1.54, 1.807) is 23.9 Å². The number of nitrogens with one attached hydrogen (secondary N) is 1. The summed E-state index contributed by atoms with van der Waals surface area (Å²) in [6, 6.07) is 3.68. The van der Waals surface area contributed by atoms with E-state index in [4.69, 9.17) is 16.9 Å². The van der Waals surface area contributed by atoms with E-state index < -0.39 is 0 Å². The van der Waals surface area contributed by atoms with E-state index in [2.05, 4.69) is 26.7 Å². The summed E-state index contributed by atoms with van der Waals surface area (Å²) in [4.78, 5) is 4.28. The highest BCUT2D eigenvalue weighted by Gasteiger charge is 2.06. The maximum absolute atomic E-state index is 8.87. The summed E-state index contributed by atoms with van der Waals surface area (Å²) in [6.45, 7) is 3.28. The zero-order valence-electron chi connectivity index (χ0n) is 10.5. The molecular formula is C12H13ClN6. The molecule has 0 saturated carbocycles. The molecule has 0 fully saturated rings. The summed E-state index contributed by atoms with van der Waals surface area (Å²) in [7, 11) is 0. The van der Waals surface area contributed by atoms with Crippen LogP contribution in [0.2, 0.25) is 5.02 Å². The Morgan fingerprint density at radius 1 is 1.53 bits per heavy atom. The molecule has 0 unspecified atom stereocenters. The van der Waals surface area contributed by atoms with Crippen molar-refractivity contribution >= 4 is 17.4 Å². The molecule has 0 radical (unpaired) electrons. The molecule has 2 aromatic rings. The Hall–Kier alpha value is -2.13. The Balaban J connectivity index is 1.89. The molecule has 0 amide bonds. The molecular weight excluding hydrogens is 264 g/mol. The van der Waals surface area contributed by atoms with Gasteiger partial charge in [-0.15, -0.1) is 5.10 Å². The highest BCUT2D eigenvalue weighted by molar-refractivity contribution is 6.33. The molecule has 98 valence electrons. The number of rotatable bonds is 5. The molecule has 0 aliphatic carbocycles. The summed E-state index contributed by atoms with van der Waals surface area (Å²) in [5.74, 6) is 0.608. The van der Waals surface area contributed by atoms with Crippen LogP contribution in [0.25, 0.3) is 0 Å². The minimum absolute atomic E-state index is 0.461. The quantitative estimate of drug-likeness (QED) is 0.845. The van der Waals surface area contributed by atoms with Crippen LogP contribution in [0.5, 0.6) is 0 Å². The normalized spacial score (nSPS) is 10.2. The van der Waals surface area contributed by atoms with Crippen LogP contribution in [0.15, 0.2) is 18.5 Å². The number of aryl methyl sites for hydroxylation is 2. The fraction of sp³-hybridized carbons (Fsp3) is 0.333. The zero-order chi connectivity index (χ0) is 13.7. The number of anilines is 1. The van der Waals surface area contributed by atoms with Crippen molar-refractivity contribution in [1.29, 1.82) is 5.26 Å². The number of nitrogens with zero attached hydrogens (tertiary/aromatic N) is 5. The third-order valence-electron chi connectivity index (χ3n) is 2.62. The van der Waals surface area contributed by atoms with Gasteiger partial charge in [-0.1, -0.05) is 16.8 Å². The monoisotopic (exact) mass is 276 g/mol. The van der Waals surface area contributed by atoms with Crippen LogP contribution in [0.4, 0.5) is 5.82 Å². The lowest BCUT2D eigenvalue weighted by Gasteiger charge is -2.09. The standard InChI is InChI=1S/C12H13ClN6/c1-9-10(8-14)7-11(13)12(17-9)15-3-2-5-19-6-4-16-18-19/h4,6-7H,2-3,5H2,1H3,(H,15,17). The van der Waals surface area contributed by atoms with Gasteiger partial charge in [-0.05, 0) is 19.4 Å². The predicted molar refractivity (Wildman–Crippen MR) is 71.8 cm³/mol. The van der Waals surface area contributed by atoms with Crippen molar-refractivity contribution in [2.45, 2.75) is 19.9 Å². The van der Waals surface area contributed by atoms with Gasteiger partial charge in [0.25, 0.3) is 0 Å². The second kappa shape index (κ2) is 6.16. The summed E-state index contributed by atoms with van der Waals surface area (Å²) in [5, 5.41) is 20.1. The van der Waals surface area contributed by atoms with Crippen molar-refractivity contribution in [2.75, 3.05) is 11.9 Å². The summed E-state index contributed by atoms with van der Waals surface area (Å²) < 4.78 is 1.76. The zero-order valence-corrected chi connectivity index (χ0v) is 11.2. The van der Waals surface area contributed by atoms with Crippen molar-refractivity contribution in [1.82, 2.24) is 20.0 Å². The highest BCUT2D eigenvalue weighted by Crippen LogP contribution is 2.22. The van der Waals surface area contributed by atoms with E-state index in [1.165, 1.54) is 0 Å². The van der Waals surface area contributed by atoms with Gasteiger partial charge in [0, 0.05) is 19.3 Å². The second-order valence-electron chi connectivity index (χ2n) is 4.01. The topological polar surface area (TPSA) is 79.4 Å². The van der Waals surface area contributed by atoms with Gasteiger partial charge in [0.2, 0.25) is 0 Å². The predicted octanol–water partition coefficient (Wildman–Crippen LogP) is 2.01. The van der Waals surface area contributed by atoms with Crippen LogP contribution >= 0.6 is 11.6 Å². The minimum atomic E-state index is 0.461. The fourth-order valence-corrected chi connectivity index (χ4v) is 1.84. The van der Waals surface area contributed by atoms with Gasteiger partial charge < -0.3 is 5.32 Å². The van der Waals surface area contributed by atoms with E-state index >= 15 is 0 Å². The average Bonchev–Trinajstić information content (AvgIpc) is 2.91. The number of aromatic nitrogens is 4. The molecule has 2 aromatic heterocycles. The smallest absolute Gasteiger partial charge is 0.145 e. The summed E-state index contributed by atoms with van der Waals surface area (Å²) >= 11 is 6.05. The molecule has 0 spiro atoms. The first kappa shape index (κ1) is 13.3. The molecule has 6 nitrogen and oxygen atoms in total. The Morgan fingerprint density at radius 2 is 2.37 bits per heavy atom. The maximum atomic E-state index is 8.87. The SMILES string of the molecule is Cc1nc(NCCCn2ccnn2)c(Cl)cc1C#N. The molecule has 0 atom stereocenters. The van der Waals surface area contributed by atoms with E-state index in [9.17, 15) is 0 Å². The van der Waals surface area contributed by atoms with Crippen LogP contribution in [0, 0.1) is 18.3 Å². The molecule has 7 heteroatoms. The molecule has 0 bridgehead atoms. The minimum Gasteiger partial charge on any atom is -0.369 e. The van der Waals surface area contributed by atoms with Crippen LogP contribution in [0.3, 0.4) is 0 Å². The Kier molecular flexibility index (Phi) is 4.31. The van der Waals surface area contributed by atoms with Crippen molar-refractivity contribution in [3.63, 3.8) is 0 Å². The van der Waals surface area contributed by atoms with Gasteiger partial charge in [0.15, 0.2) is 0 Å². The first-order valence-corrected chi connectivity index (χ1v) is 6.23. The van der Waals surface area contributed by atoms with Gasteiger partial charge in [-0.25, -0.2) is 4.98 Å². The summed E-state index contributed by atoms with van der Waals surface area (Å²) in [5.41, 5.74) is 1.17. The van der Waals surface area contributed by atoms with Gasteiger partial charge in [-0.3, -0.25) is 4.68 Å². The highest BCUT2D eigenvalue weighted by atomic mass is 35.5. The van der Waals surface area contributed by atoms with Crippen LogP contribution in [-0.2, 0) is 6.54 Å². The van der Waals surface area contributed by atoms with Gasteiger partial charge >= 0.3 is 0 Å². The van der Waals surface area contributed by atoms with E-state index in [0.717, 1.165) is 19.5 Å². The van der Waals surface area contributed by atoms with Crippen molar-refractivity contribution in [2.24, 2.45) is 0 Å². The largest absolute Gasteiger partial charge is 0.369 e. The van der Waals surface area contributed by atoms with E-state index in [1.807, 2.05) is 6.20 Å².